The number of aryl methyl sites for hydroxylation is 1. The molecule has 0 radical (unpaired) electrons. The third-order valence-electron chi connectivity index (χ3n) is 6.87. The lowest BCUT2D eigenvalue weighted by atomic mass is 10.0. The Morgan fingerprint density at radius 1 is 1.02 bits per heavy atom. The van der Waals surface area contributed by atoms with E-state index >= 15 is 0 Å². The lowest BCUT2D eigenvalue weighted by Gasteiger charge is -2.29. The number of ether oxygens (including phenoxy) is 2. The van der Waals surface area contributed by atoms with Crippen molar-refractivity contribution < 1.29 is 14.3 Å². The summed E-state index contributed by atoms with van der Waals surface area (Å²) in [5, 5.41) is 14.3. The van der Waals surface area contributed by atoms with Gasteiger partial charge in [0.05, 0.1) is 48.9 Å². The Labute approximate surface area is 244 Å². The SMILES string of the molecule is CC(C)(C)OC(=O)N1CCCCC1.COc1nc(-c2ccc(C#N)cc2)c(-c2cnc3c(cnn3C)c2)n2cncc12. The quantitative estimate of drug-likeness (QED) is 0.275. The Kier molecular flexibility index (Phi) is 8.06. The largest absolute Gasteiger partial charge is 0.479 e. The van der Waals surface area contributed by atoms with E-state index in [0.717, 1.165) is 59.3 Å². The fraction of sp³-hybridized carbons (Fsp3) is 0.355. The average molecular weight is 567 g/mol. The van der Waals surface area contributed by atoms with Gasteiger partial charge in [-0.3, -0.25) is 9.08 Å². The molecule has 0 atom stereocenters. The van der Waals surface area contributed by atoms with Gasteiger partial charge in [0.1, 0.15) is 11.1 Å². The summed E-state index contributed by atoms with van der Waals surface area (Å²) < 4.78 is 14.4. The van der Waals surface area contributed by atoms with Crippen LogP contribution < -0.4 is 4.74 Å². The van der Waals surface area contributed by atoms with Crippen molar-refractivity contribution in [2.45, 2.75) is 45.6 Å². The van der Waals surface area contributed by atoms with E-state index in [9.17, 15) is 4.79 Å². The molecule has 1 aliphatic heterocycles. The highest BCUT2D eigenvalue weighted by Crippen LogP contribution is 2.35. The second kappa shape index (κ2) is 11.9. The molecule has 11 nitrogen and oxygen atoms in total. The standard InChI is InChI=1S/C21H15N7O.C10H19NO2/c1-27-20-16(10-25-27)7-15(9-24-20)19-18(14-5-3-13(8-22)4-6-14)26-21(29-2)17-11-23-12-28(17)19;1-10(2,3)13-9(12)11-7-5-4-6-8-11/h3-7,9-12H,1-2H3;4-8H2,1-3H3. The molecule has 0 spiro atoms. The molecule has 1 aromatic carbocycles. The second-order valence-corrected chi connectivity index (χ2v) is 11.1. The molecule has 216 valence electrons. The molecule has 0 saturated carbocycles. The first kappa shape index (κ1) is 28.5. The maximum Gasteiger partial charge on any atom is 0.410 e. The number of hydrogen-bond donors (Lipinski definition) is 0. The molecule has 1 fully saturated rings. The number of imidazole rings is 1. The molecule has 11 heteroatoms. The fourth-order valence-corrected chi connectivity index (χ4v) is 4.86. The van der Waals surface area contributed by atoms with E-state index in [1.54, 1.807) is 53.7 Å². The molecule has 1 amide bonds. The van der Waals surface area contributed by atoms with E-state index in [1.165, 1.54) is 6.42 Å². The maximum atomic E-state index is 11.5. The minimum atomic E-state index is -0.367. The van der Waals surface area contributed by atoms with Crippen LogP contribution in [0.3, 0.4) is 0 Å². The number of hydrogen-bond acceptors (Lipinski definition) is 8. The minimum Gasteiger partial charge on any atom is -0.479 e. The number of piperidine rings is 1. The summed E-state index contributed by atoms with van der Waals surface area (Å²) in [5.74, 6) is 0.473. The molecule has 6 rings (SSSR count). The Morgan fingerprint density at radius 2 is 1.76 bits per heavy atom. The number of carbonyl (C=O) groups excluding carboxylic acids is 1. The monoisotopic (exact) mass is 566 g/mol. The van der Waals surface area contributed by atoms with Crippen LogP contribution >= 0.6 is 0 Å². The summed E-state index contributed by atoms with van der Waals surface area (Å²) in [6.45, 7) is 7.41. The Hall–Kier alpha value is -4.98. The Bertz CT molecular complexity index is 1750. The second-order valence-electron chi connectivity index (χ2n) is 11.1. The van der Waals surface area contributed by atoms with E-state index < -0.39 is 0 Å². The zero-order valence-electron chi connectivity index (χ0n) is 24.5. The molecular weight excluding hydrogens is 532 g/mol. The van der Waals surface area contributed by atoms with E-state index in [-0.39, 0.29) is 11.7 Å². The van der Waals surface area contributed by atoms with Crippen LogP contribution in [-0.2, 0) is 11.8 Å². The number of amides is 1. The van der Waals surface area contributed by atoms with Crippen LogP contribution in [0.5, 0.6) is 5.88 Å². The lowest BCUT2D eigenvalue weighted by Crippen LogP contribution is -2.39. The molecule has 5 heterocycles. The molecule has 5 aromatic rings. The van der Waals surface area contributed by atoms with Gasteiger partial charge in [-0.25, -0.2) is 19.7 Å². The van der Waals surface area contributed by atoms with Gasteiger partial charge < -0.3 is 14.4 Å². The van der Waals surface area contributed by atoms with E-state index in [4.69, 9.17) is 19.7 Å². The summed E-state index contributed by atoms with van der Waals surface area (Å²) in [7, 11) is 3.45. The van der Waals surface area contributed by atoms with Crippen LogP contribution in [0.2, 0.25) is 0 Å². The van der Waals surface area contributed by atoms with Gasteiger partial charge in [0.15, 0.2) is 5.65 Å². The van der Waals surface area contributed by atoms with Crippen molar-refractivity contribution in [1.29, 1.82) is 5.26 Å². The molecule has 1 saturated heterocycles. The molecule has 0 unspecified atom stereocenters. The van der Waals surface area contributed by atoms with Gasteiger partial charge in [0.2, 0.25) is 5.88 Å². The number of pyridine rings is 1. The first-order valence-corrected chi connectivity index (χ1v) is 13.8. The van der Waals surface area contributed by atoms with Crippen molar-refractivity contribution in [3.63, 3.8) is 0 Å². The molecular formula is C31H34N8O3. The molecule has 0 N–H and O–H groups in total. The average Bonchev–Trinajstić information content (AvgIpc) is 3.63. The van der Waals surface area contributed by atoms with E-state index in [1.807, 2.05) is 50.4 Å². The van der Waals surface area contributed by atoms with Crippen LogP contribution in [0, 0.1) is 11.3 Å². The van der Waals surface area contributed by atoms with Crippen molar-refractivity contribution in [3.05, 3.63) is 60.8 Å². The zero-order chi connectivity index (χ0) is 29.9. The number of rotatable bonds is 3. The third kappa shape index (κ3) is 6.02. The van der Waals surface area contributed by atoms with Gasteiger partial charge in [0.25, 0.3) is 0 Å². The first-order chi connectivity index (χ1) is 20.2. The predicted molar refractivity (Wildman–Crippen MR) is 159 cm³/mol. The van der Waals surface area contributed by atoms with Crippen molar-refractivity contribution in [2.24, 2.45) is 7.05 Å². The molecule has 42 heavy (non-hydrogen) atoms. The Morgan fingerprint density at radius 3 is 2.43 bits per heavy atom. The van der Waals surface area contributed by atoms with Crippen molar-refractivity contribution in [1.82, 2.24) is 34.0 Å². The fourth-order valence-electron chi connectivity index (χ4n) is 4.86. The highest BCUT2D eigenvalue weighted by Gasteiger charge is 2.23. The van der Waals surface area contributed by atoms with E-state index in [0.29, 0.717) is 17.1 Å². The summed E-state index contributed by atoms with van der Waals surface area (Å²) in [5.41, 5.74) is 5.06. The van der Waals surface area contributed by atoms with Crippen LogP contribution in [0.4, 0.5) is 4.79 Å². The Balaban J connectivity index is 0.000000229. The number of aromatic nitrogens is 6. The number of nitrogens with zero attached hydrogens (tertiary/aromatic N) is 8. The smallest absolute Gasteiger partial charge is 0.410 e. The molecule has 0 aliphatic carbocycles. The molecule has 4 aromatic heterocycles. The number of likely N-dealkylation sites (tertiary alicyclic amines) is 1. The van der Waals surface area contributed by atoms with Gasteiger partial charge in [-0.15, -0.1) is 0 Å². The zero-order valence-corrected chi connectivity index (χ0v) is 24.5. The summed E-state index contributed by atoms with van der Waals surface area (Å²) >= 11 is 0. The summed E-state index contributed by atoms with van der Waals surface area (Å²) in [6.07, 6.45) is 10.3. The highest BCUT2D eigenvalue weighted by atomic mass is 16.6. The number of fused-ring (bicyclic) bond motifs is 2. The van der Waals surface area contributed by atoms with Crippen LogP contribution in [-0.4, -0.2) is 65.9 Å². The lowest BCUT2D eigenvalue weighted by molar-refractivity contribution is 0.0216. The van der Waals surface area contributed by atoms with Gasteiger partial charge in [-0.05, 0) is 58.2 Å². The van der Waals surface area contributed by atoms with Gasteiger partial charge in [0, 0.05) is 42.8 Å². The van der Waals surface area contributed by atoms with Crippen LogP contribution in [0.25, 0.3) is 39.1 Å². The van der Waals surface area contributed by atoms with Gasteiger partial charge >= 0.3 is 6.09 Å². The predicted octanol–water partition coefficient (Wildman–Crippen LogP) is 5.63. The normalized spacial score (nSPS) is 13.4. The van der Waals surface area contributed by atoms with Gasteiger partial charge in [-0.1, -0.05) is 12.1 Å². The number of benzene rings is 1. The van der Waals surface area contributed by atoms with Crippen molar-refractivity contribution in [3.8, 4) is 34.5 Å². The summed E-state index contributed by atoms with van der Waals surface area (Å²) in [4.78, 5) is 26.9. The molecule has 0 bridgehead atoms. The number of methoxy groups -OCH3 is 1. The third-order valence-corrected chi connectivity index (χ3v) is 6.87. The van der Waals surface area contributed by atoms with Crippen molar-refractivity contribution >= 4 is 22.6 Å². The van der Waals surface area contributed by atoms with E-state index in [2.05, 4.69) is 21.1 Å². The minimum absolute atomic E-state index is 0.160. The van der Waals surface area contributed by atoms with Gasteiger partial charge in [-0.2, -0.15) is 10.4 Å². The highest BCUT2D eigenvalue weighted by molar-refractivity contribution is 5.86. The number of nitriles is 1. The summed E-state index contributed by atoms with van der Waals surface area (Å²) in [6, 6.07) is 11.5. The maximum absolute atomic E-state index is 11.5. The number of carbonyl (C=O) groups is 1. The van der Waals surface area contributed by atoms with Crippen LogP contribution in [0.15, 0.2) is 55.2 Å². The van der Waals surface area contributed by atoms with Crippen molar-refractivity contribution in [2.75, 3.05) is 20.2 Å². The van der Waals surface area contributed by atoms with Crippen LogP contribution in [0.1, 0.15) is 45.6 Å². The first-order valence-electron chi connectivity index (χ1n) is 13.8. The molecule has 1 aliphatic rings. The topological polar surface area (TPSA) is 123 Å².